The molecule has 2 heterocycles. The third kappa shape index (κ3) is 6.33. The zero-order valence-corrected chi connectivity index (χ0v) is 19.3. The molecule has 7 heteroatoms. The van der Waals surface area contributed by atoms with E-state index in [0.29, 0.717) is 24.9 Å². The van der Waals surface area contributed by atoms with E-state index in [1.165, 1.54) is 12.7 Å². The second-order valence-corrected chi connectivity index (χ2v) is 7.34. The first-order valence-corrected chi connectivity index (χ1v) is 9.48. The molecule has 0 aliphatic carbocycles. The van der Waals surface area contributed by atoms with E-state index in [0.717, 1.165) is 19.0 Å². The first kappa shape index (κ1) is 23.7. The maximum Gasteiger partial charge on any atom is 0.310 e. The van der Waals surface area contributed by atoms with Gasteiger partial charge < -0.3 is 15.0 Å². The number of rotatable bonds is 6. The molecular formula is C20H33IN4O2. The summed E-state index contributed by atoms with van der Waals surface area (Å²) in [6.07, 6.45) is 3.73. The highest BCUT2D eigenvalue weighted by atomic mass is 127. The lowest BCUT2D eigenvalue weighted by Crippen LogP contribution is -2.41. The third-order valence-corrected chi connectivity index (χ3v) is 5.11. The maximum absolute atomic E-state index is 12.0. The Bertz CT molecular complexity index is 609. The fourth-order valence-electron chi connectivity index (χ4n) is 3.51. The lowest BCUT2D eigenvalue weighted by Gasteiger charge is -2.24. The highest BCUT2D eigenvalue weighted by Gasteiger charge is 2.37. The van der Waals surface area contributed by atoms with Gasteiger partial charge in [0.1, 0.15) is 0 Å². The Morgan fingerprint density at radius 3 is 2.74 bits per heavy atom. The molecule has 1 fully saturated rings. The molecule has 6 nitrogen and oxygen atoms in total. The number of carbonyl (C=O) groups excluding carboxylic acids is 1. The summed E-state index contributed by atoms with van der Waals surface area (Å²) in [5.74, 6) is 1.68. The van der Waals surface area contributed by atoms with Crippen LogP contribution in [-0.2, 0) is 9.53 Å². The minimum Gasteiger partial charge on any atom is -0.469 e. The smallest absolute Gasteiger partial charge is 0.310 e. The molecule has 0 aromatic carbocycles. The molecule has 0 radical (unpaired) electrons. The molecule has 1 N–H and O–H groups in total. The summed E-state index contributed by atoms with van der Waals surface area (Å²) < 4.78 is 4.95. The number of aromatic nitrogens is 1. The monoisotopic (exact) mass is 488 g/mol. The van der Waals surface area contributed by atoms with Gasteiger partial charge in [0.05, 0.1) is 13.0 Å². The van der Waals surface area contributed by atoms with Crippen molar-refractivity contribution in [2.45, 2.75) is 33.6 Å². The van der Waals surface area contributed by atoms with Crippen molar-refractivity contribution < 1.29 is 9.53 Å². The van der Waals surface area contributed by atoms with Gasteiger partial charge in [-0.05, 0) is 30.4 Å². The summed E-state index contributed by atoms with van der Waals surface area (Å²) in [6.45, 7) is 11.5. The number of guanidine groups is 1. The van der Waals surface area contributed by atoms with Gasteiger partial charge in [-0.15, -0.1) is 24.0 Å². The number of esters is 1. The zero-order chi connectivity index (χ0) is 19.1. The maximum atomic E-state index is 12.0. The van der Waals surface area contributed by atoms with Crippen LogP contribution in [0.2, 0.25) is 0 Å². The molecule has 2 rings (SSSR count). The average molecular weight is 488 g/mol. The van der Waals surface area contributed by atoms with Gasteiger partial charge in [0, 0.05) is 44.5 Å². The topological polar surface area (TPSA) is 66.8 Å². The molecule has 1 aliphatic heterocycles. The van der Waals surface area contributed by atoms with Gasteiger partial charge in [0.2, 0.25) is 0 Å². The van der Waals surface area contributed by atoms with Crippen molar-refractivity contribution in [1.82, 2.24) is 15.2 Å². The van der Waals surface area contributed by atoms with Crippen molar-refractivity contribution in [2.24, 2.45) is 22.7 Å². The molecule has 1 saturated heterocycles. The first-order chi connectivity index (χ1) is 12.5. The van der Waals surface area contributed by atoms with Crippen LogP contribution in [-0.4, -0.2) is 55.1 Å². The summed E-state index contributed by atoms with van der Waals surface area (Å²) in [5, 5.41) is 3.38. The molecule has 3 atom stereocenters. The Hall–Kier alpha value is -1.38. The summed E-state index contributed by atoms with van der Waals surface area (Å²) in [5.41, 5.74) is 1.21. The third-order valence-electron chi connectivity index (χ3n) is 5.11. The lowest BCUT2D eigenvalue weighted by atomic mass is 9.89. The molecule has 27 heavy (non-hydrogen) atoms. The second kappa shape index (κ2) is 11.5. The van der Waals surface area contributed by atoms with Crippen LogP contribution in [0.25, 0.3) is 0 Å². The van der Waals surface area contributed by atoms with Crippen LogP contribution in [0.5, 0.6) is 0 Å². The molecule has 0 spiro atoms. The quantitative estimate of drug-likeness (QED) is 0.289. The molecule has 152 valence electrons. The van der Waals surface area contributed by atoms with Gasteiger partial charge in [0.15, 0.2) is 5.96 Å². The summed E-state index contributed by atoms with van der Waals surface area (Å²) in [7, 11) is 1.46. The van der Waals surface area contributed by atoms with E-state index in [9.17, 15) is 4.79 Å². The number of hydrogen-bond donors (Lipinski definition) is 1. The largest absolute Gasteiger partial charge is 0.469 e. The number of nitrogens with one attached hydrogen (secondary N) is 1. The number of aliphatic imine (C=N–C) groups is 1. The summed E-state index contributed by atoms with van der Waals surface area (Å²) in [6, 6.07) is 4.09. The Morgan fingerprint density at radius 2 is 2.19 bits per heavy atom. The highest BCUT2D eigenvalue weighted by molar-refractivity contribution is 14.0. The number of pyridine rings is 1. The van der Waals surface area contributed by atoms with Crippen molar-refractivity contribution in [3.8, 4) is 0 Å². The van der Waals surface area contributed by atoms with Crippen LogP contribution in [0.3, 0.4) is 0 Å². The Labute approximate surface area is 180 Å². The zero-order valence-electron chi connectivity index (χ0n) is 17.0. The number of likely N-dealkylation sites (tertiary alicyclic amines) is 1. The molecule has 0 saturated carbocycles. The van der Waals surface area contributed by atoms with Crippen LogP contribution in [0.4, 0.5) is 0 Å². The SMILES string of the molecule is CCNC(=NCC(c1cccnc1)C(C)C)N1CC(C)C(C(=O)OC)C1.I. The van der Waals surface area contributed by atoms with Gasteiger partial charge in [-0.1, -0.05) is 26.8 Å². The lowest BCUT2D eigenvalue weighted by molar-refractivity contribution is -0.145. The van der Waals surface area contributed by atoms with Gasteiger partial charge in [-0.25, -0.2) is 0 Å². The molecule has 1 aromatic rings. The predicted molar refractivity (Wildman–Crippen MR) is 119 cm³/mol. The van der Waals surface area contributed by atoms with Gasteiger partial charge in [0.25, 0.3) is 0 Å². The summed E-state index contributed by atoms with van der Waals surface area (Å²) in [4.78, 5) is 23.3. The minimum atomic E-state index is -0.133. The number of carbonyl (C=O) groups is 1. The standard InChI is InChI=1S/C20H32N4O2.HI/c1-6-22-20(24-12-15(4)18(13-24)19(25)26-5)23-11-17(14(2)3)16-8-7-9-21-10-16;/h7-10,14-15,17-18H,6,11-13H2,1-5H3,(H,22,23);1H. The fourth-order valence-corrected chi connectivity index (χ4v) is 3.51. The Morgan fingerprint density at radius 1 is 1.44 bits per heavy atom. The number of halogens is 1. The van der Waals surface area contributed by atoms with Gasteiger partial charge in [-0.2, -0.15) is 0 Å². The van der Waals surface area contributed by atoms with E-state index < -0.39 is 0 Å². The van der Waals surface area contributed by atoms with Crippen LogP contribution in [0, 0.1) is 17.8 Å². The highest BCUT2D eigenvalue weighted by Crippen LogP contribution is 2.26. The Kier molecular flexibility index (Phi) is 10.0. The number of ether oxygens (including phenoxy) is 1. The van der Waals surface area contributed by atoms with E-state index >= 15 is 0 Å². The number of hydrogen-bond acceptors (Lipinski definition) is 4. The Balaban J connectivity index is 0.00000364. The molecule has 0 amide bonds. The molecule has 1 aromatic heterocycles. The van der Waals surface area contributed by atoms with Gasteiger partial charge in [-0.3, -0.25) is 14.8 Å². The van der Waals surface area contributed by atoms with Crippen LogP contribution in [0.15, 0.2) is 29.5 Å². The predicted octanol–water partition coefficient (Wildman–Crippen LogP) is 3.15. The van der Waals surface area contributed by atoms with Crippen molar-refractivity contribution in [3.63, 3.8) is 0 Å². The fraction of sp³-hybridized carbons (Fsp3) is 0.650. The van der Waals surface area contributed by atoms with Crippen LogP contribution in [0.1, 0.15) is 39.2 Å². The number of methoxy groups -OCH3 is 1. The molecule has 3 unspecified atom stereocenters. The minimum absolute atomic E-state index is 0. The molecule has 1 aliphatic rings. The van der Waals surface area contributed by atoms with Gasteiger partial charge >= 0.3 is 5.97 Å². The number of nitrogens with zero attached hydrogens (tertiary/aromatic N) is 3. The average Bonchev–Trinajstić information content (AvgIpc) is 3.02. The van der Waals surface area contributed by atoms with Crippen LogP contribution < -0.4 is 5.32 Å². The molecular weight excluding hydrogens is 455 g/mol. The van der Waals surface area contributed by atoms with E-state index in [1.807, 2.05) is 12.3 Å². The summed E-state index contributed by atoms with van der Waals surface area (Å²) >= 11 is 0. The van der Waals surface area contributed by atoms with E-state index in [4.69, 9.17) is 9.73 Å². The van der Waals surface area contributed by atoms with Crippen molar-refractivity contribution in [2.75, 3.05) is 33.3 Å². The normalized spacial score (nSPS) is 21.0. The first-order valence-electron chi connectivity index (χ1n) is 9.48. The van der Waals surface area contributed by atoms with Crippen molar-refractivity contribution >= 4 is 35.9 Å². The van der Waals surface area contributed by atoms with Crippen molar-refractivity contribution in [1.29, 1.82) is 0 Å². The van der Waals surface area contributed by atoms with Crippen molar-refractivity contribution in [3.05, 3.63) is 30.1 Å². The van der Waals surface area contributed by atoms with Crippen LogP contribution >= 0.6 is 24.0 Å². The van der Waals surface area contributed by atoms with E-state index in [1.54, 1.807) is 6.20 Å². The molecule has 0 bridgehead atoms. The van der Waals surface area contributed by atoms with E-state index in [-0.39, 0.29) is 41.8 Å². The second-order valence-electron chi connectivity index (χ2n) is 7.34. The van der Waals surface area contributed by atoms with E-state index in [2.05, 4.69) is 49.0 Å².